The van der Waals surface area contributed by atoms with Gasteiger partial charge >= 0.3 is 5.97 Å². The molecule has 19 heavy (non-hydrogen) atoms. The summed E-state index contributed by atoms with van der Waals surface area (Å²) in [5.41, 5.74) is 0.731. The fourth-order valence-corrected chi connectivity index (χ4v) is 1.62. The van der Waals surface area contributed by atoms with Crippen LogP contribution in [-0.4, -0.2) is 21.3 Å². The third-order valence-corrected chi connectivity index (χ3v) is 2.63. The summed E-state index contributed by atoms with van der Waals surface area (Å²) >= 11 is 5.76. The molecule has 0 amide bonds. The Hall–Kier alpha value is -2.65. The Morgan fingerprint density at radius 1 is 1.42 bits per heavy atom. The van der Waals surface area contributed by atoms with Crippen LogP contribution in [0.1, 0.15) is 15.9 Å². The molecule has 0 spiro atoms. The number of hydrogen-bond acceptors (Lipinski definition) is 5. The zero-order valence-electron chi connectivity index (χ0n) is 9.46. The highest BCUT2D eigenvalue weighted by Gasteiger charge is 2.10. The number of nitrogens with one attached hydrogen (secondary N) is 1. The van der Waals surface area contributed by atoms with Gasteiger partial charge in [-0.3, -0.25) is 0 Å². The summed E-state index contributed by atoms with van der Waals surface area (Å²) in [6.07, 6.45) is 1.40. The maximum atomic E-state index is 11.0. The van der Waals surface area contributed by atoms with Crippen LogP contribution in [0.4, 0.5) is 11.5 Å². The SMILES string of the molecule is N#Cc1ccnnc1Nc1ccc(Cl)c(C(=O)O)c1. The standard InChI is InChI=1S/C12H7ClN4O2/c13-10-2-1-8(5-9(10)12(18)19)16-11-7(6-14)3-4-15-17-11/h1-5H,(H,16,17)(H,18,19). The quantitative estimate of drug-likeness (QED) is 0.892. The van der Waals surface area contributed by atoms with E-state index in [4.69, 9.17) is 22.0 Å². The summed E-state index contributed by atoms with van der Waals surface area (Å²) in [6, 6.07) is 7.86. The van der Waals surface area contributed by atoms with Crippen LogP contribution in [-0.2, 0) is 0 Å². The van der Waals surface area contributed by atoms with E-state index in [1.54, 1.807) is 6.07 Å². The second-order valence-electron chi connectivity index (χ2n) is 3.53. The van der Waals surface area contributed by atoms with Crippen molar-refractivity contribution < 1.29 is 9.90 Å². The number of carboxylic acids is 1. The molecule has 0 aliphatic heterocycles. The van der Waals surface area contributed by atoms with E-state index < -0.39 is 5.97 Å². The molecule has 0 aliphatic carbocycles. The highest BCUT2D eigenvalue weighted by molar-refractivity contribution is 6.33. The number of carbonyl (C=O) groups is 1. The molecule has 0 unspecified atom stereocenters. The zero-order valence-corrected chi connectivity index (χ0v) is 10.2. The van der Waals surface area contributed by atoms with Crippen molar-refractivity contribution in [1.82, 2.24) is 10.2 Å². The number of benzene rings is 1. The molecule has 94 valence electrons. The van der Waals surface area contributed by atoms with Crippen LogP contribution >= 0.6 is 11.6 Å². The van der Waals surface area contributed by atoms with Crippen LogP contribution in [0.5, 0.6) is 0 Å². The summed E-state index contributed by atoms with van der Waals surface area (Å²) in [5, 5.41) is 28.3. The molecule has 2 N–H and O–H groups in total. The van der Waals surface area contributed by atoms with E-state index in [2.05, 4.69) is 15.5 Å². The number of nitrogens with zero attached hydrogens (tertiary/aromatic N) is 3. The lowest BCUT2D eigenvalue weighted by Gasteiger charge is -2.07. The topological polar surface area (TPSA) is 98.9 Å². The van der Waals surface area contributed by atoms with Gasteiger partial charge in [-0.05, 0) is 24.3 Å². The molecule has 1 aromatic heterocycles. The molecule has 0 radical (unpaired) electrons. The zero-order chi connectivity index (χ0) is 13.8. The lowest BCUT2D eigenvalue weighted by Crippen LogP contribution is -2.02. The molecule has 2 aromatic rings. The molecule has 2 rings (SSSR count). The minimum absolute atomic E-state index is 0.0333. The number of rotatable bonds is 3. The van der Waals surface area contributed by atoms with Crippen molar-refractivity contribution in [1.29, 1.82) is 5.26 Å². The number of aromatic nitrogens is 2. The maximum absolute atomic E-state index is 11.0. The van der Waals surface area contributed by atoms with E-state index in [1.165, 1.54) is 24.4 Å². The van der Waals surface area contributed by atoms with Crippen molar-refractivity contribution in [3.05, 3.63) is 46.6 Å². The van der Waals surface area contributed by atoms with Gasteiger partial charge in [-0.15, -0.1) is 5.10 Å². The summed E-state index contributed by atoms with van der Waals surface area (Å²) in [6.45, 7) is 0. The maximum Gasteiger partial charge on any atom is 0.337 e. The van der Waals surface area contributed by atoms with Gasteiger partial charge in [0, 0.05) is 5.69 Å². The Kier molecular flexibility index (Phi) is 3.59. The fourth-order valence-electron chi connectivity index (χ4n) is 1.42. The molecule has 7 heteroatoms. The van der Waals surface area contributed by atoms with Gasteiger partial charge in [0.05, 0.1) is 22.3 Å². The Morgan fingerprint density at radius 2 is 2.21 bits per heavy atom. The predicted molar refractivity (Wildman–Crippen MR) is 68.4 cm³/mol. The molecule has 0 atom stereocenters. The molecule has 0 aliphatic rings. The van der Waals surface area contributed by atoms with E-state index in [-0.39, 0.29) is 16.4 Å². The van der Waals surface area contributed by atoms with E-state index >= 15 is 0 Å². The third-order valence-electron chi connectivity index (χ3n) is 2.30. The van der Waals surface area contributed by atoms with Gasteiger partial charge < -0.3 is 10.4 Å². The van der Waals surface area contributed by atoms with Gasteiger partial charge in [0.2, 0.25) is 0 Å². The number of anilines is 2. The molecule has 0 saturated heterocycles. The van der Waals surface area contributed by atoms with Crippen LogP contribution in [0.2, 0.25) is 5.02 Å². The Morgan fingerprint density at radius 3 is 2.89 bits per heavy atom. The third kappa shape index (κ3) is 2.78. The summed E-state index contributed by atoms with van der Waals surface area (Å²) in [4.78, 5) is 11.0. The first kappa shape index (κ1) is 12.8. The summed E-state index contributed by atoms with van der Waals surface area (Å²) in [5.74, 6) is -0.878. The number of carboxylic acid groups (broad SMARTS) is 1. The van der Waals surface area contributed by atoms with Gasteiger partial charge in [-0.25, -0.2) is 4.79 Å². The van der Waals surface area contributed by atoms with Gasteiger partial charge in [-0.2, -0.15) is 10.4 Å². The van der Waals surface area contributed by atoms with E-state index in [0.717, 1.165) is 0 Å². The largest absolute Gasteiger partial charge is 0.478 e. The molecule has 1 heterocycles. The molecule has 6 nitrogen and oxygen atoms in total. The molecule has 0 fully saturated rings. The van der Waals surface area contributed by atoms with E-state index in [1.807, 2.05) is 6.07 Å². The lowest BCUT2D eigenvalue weighted by atomic mass is 10.2. The van der Waals surface area contributed by atoms with Crippen LogP contribution in [0.3, 0.4) is 0 Å². The van der Waals surface area contributed by atoms with Crippen molar-refractivity contribution in [2.45, 2.75) is 0 Å². The van der Waals surface area contributed by atoms with Gasteiger partial charge in [0.25, 0.3) is 0 Å². The van der Waals surface area contributed by atoms with Gasteiger partial charge in [-0.1, -0.05) is 11.6 Å². The minimum atomic E-state index is -1.13. The molecular formula is C12H7ClN4O2. The van der Waals surface area contributed by atoms with Crippen LogP contribution < -0.4 is 5.32 Å². The van der Waals surface area contributed by atoms with Crippen LogP contribution in [0, 0.1) is 11.3 Å². The number of halogens is 1. The highest BCUT2D eigenvalue weighted by atomic mass is 35.5. The minimum Gasteiger partial charge on any atom is -0.478 e. The number of aromatic carboxylic acids is 1. The van der Waals surface area contributed by atoms with E-state index in [0.29, 0.717) is 11.3 Å². The average molecular weight is 275 g/mol. The van der Waals surface area contributed by atoms with Gasteiger partial charge in [0.1, 0.15) is 6.07 Å². The van der Waals surface area contributed by atoms with Crippen molar-refractivity contribution in [2.24, 2.45) is 0 Å². The molecule has 0 saturated carbocycles. The number of hydrogen-bond donors (Lipinski definition) is 2. The summed E-state index contributed by atoms with van der Waals surface area (Å²) < 4.78 is 0. The monoisotopic (exact) mass is 274 g/mol. The second kappa shape index (κ2) is 5.33. The van der Waals surface area contributed by atoms with Crippen LogP contribution in [0.25, 0.3) is 0 Å². The van der Waals surface area contributed by atoms with Crippen molar-refractivity contribution >= 4 is 29.1 Å². The van der Waals surface area contributed by atoms with Gasteiger partial charge in [0.15, 0.2) is 5.82 Å². The van der Waals surface area contributed by atoms with Crippen molar-refractivity contribution in [3.8, 4) is 6.07 Å². The van der Waals surface area contributed by atoms with E-state index in [9.17, 15) is 4.79 Å². The fraction of sp³-hybridized carbons (Fsp3) is 0. The Bertz CT molecular complexity index is 682. The first-order chi connectivity index (χ1) is 9.11. The van der Waals surface area contributed by atoms with Crippen molar-refractivity contribution in [2.75, 3.05) is 5.32 Å². The Labute approximate surface area is 113 Å². The average Bonchev–Trinajstić information content (AvgIpc) is 2.41. The molecule has 0 bridgehead atoms. The molecular weight excluding hydrogens is 268 g/mol. The first-order valence-electron chi connectivity index (χ1n) is 5.13. The first-order valence-corrected chi connectivity index (χ1v) is 5.51. The Balaban J connectivity index is 2.37. The highest BCUT2D eigenvalue weighted by Crippen LogP contribution is 2.23. The summed E-state index contributed by atoms with van der Waals surface area (Å²) in [7, 11) is 0. The van der Waals surface area contributed by atoms with Crippen molar-refractivity contribution in [3.63, 3.8) is 0 Å². The second-order valence-corrected chi connectivity index (χ2v) is 3.94. The van der Waals surface area contributed by atoms with Crippen LogP contribution in [0.15, 0.2) is 30.5 Å². The lowest BCUT2D eigenvalue weighted by molar-refractivity contribution is 0.0697. The number of nitriles is 1. The normalized spacial score (nSPS) is 9.68. The predicted octanol–water partition coefficient (Wildman–Crippen LogP) is 2.44. The molecule has 1 aromatic carbocycles. The smallest absolute Gasteiger partial charge is 0.337 e.